The summed E-state index contributed by atoms with van der Waals surface area (Å²) in [5.74, 6) is 1.46. The molecule has 35 heavy (non-hydrogen) atoms. The number of aryl methyl sites for hydroxylation is 1. The van der Waals surface area contributed by atoms with Crippen molar-refractivity contribution >= 4 is 23.0 Å². The van der Waals surface area contributed by atoms with E-state index in [4.69, 9.17) is 21.7 Å². The predicted molar refractivity (Wildman–Crippen MR) is 143 cm³/mol. The Labute approximate surface area is 211 Å². The summed E-state index contributed by atoms with van der Waals surface area (Å²) in [6.07, 6.45) is 1.82. The van der Waals surface area contributed by atoms with Gasteiger partial charge in [0.1, 0.15) is 11.5 Å². The molecule has 1 aliphatic rings. The molecule has 2 aromatic heterocycles. The summed E-state index contributed by atoms with van der Waals surface area (Å²) in [5.41, 5.74) is 6.37. The highest BCUT2D eigenvalue weighted by atomic mass is 32.1. The first-order chi connectivity index (χ1) is 17.0. The molecule has 6 nitrogen and oxygen atoms in total. The van der Waals surface area contributed by atoms with Gasteiger partial charge in [-0.25, -0.2) is 0 Å². The average Bonchev–Trinajstić information content (AvgIpc) is 3.39. The van der Waals surface area contributed by atoms with Crippen LogP contribution in [-0.2, 0) is 0 Å². The SMILES string of the molecule is COc1ccc(OC)c(N2C(=S)NC(c3ccccn3)C2c2cc(C)n(-c3ccccc3)c2C)c1. The highest BCUT2D eigenvalue weighted by Gasteiger charge is 2.43. The third-order valence-corrected chi connectivity index (χ3v) is 6.86. The molecule has 7 heteroatoms. The second-order valence-corrected chi connectivity index (χ2v) is 8.92. The Balaban J connectivity index is 1.72. The van der Waals surface area contributed by atoms with Crippen molar-refractivity contribution in [2.75, 3.05) is 19.1 Å². The van der Waals surface area contributed by atoms with E-state index in [1.165, 1.54) is 5.56 Å². The van der Waals surface area contributed by atoms with E-state index in [1.54, 1.807) is 14.2 Å². The summed E-state index contributed by atoms with van der Waals surface area (Å²) < 4.78 is 13.6. The van der Waals surface area contributed by atoms with Gasteiger partial charge in [-0.15, -0.1) is 0 Å². The van der Waals surface area contributed by atoms with Gasteiger partial charge >= 0.3 is 0 Å². The number of pyridine rings is 1. The van der Waals surface area contributed by atoms with Crippen LogP contribution < -0.4 is 19.7 Å². The normalized spacial score (nSPS) is 17.4. The van der Waals surface area contributed by atoms with Crippen molar-refractivity contribution in [2.24, 2.45) is 0 Å². The lowest BCUT2D eigenvalue weighted by atomic mass is 9.96. The molecule has 178 valence electrons. The van der Waals surface area contributed by atoms with Crippen LogP contribution in [0.2, 0.25) is 0 Å². The van der Waals surface area contributed by atoms with Crippen LogP contribution in [0, 0.1) is 13.8 Å². The van der Waals surface area contributed by atoms with E-state index >= 15 is 0 Å². The second kappa shape index (κ2) is 9.43. The van der Waals surface area contributed by atoms with E-state index in [9.17, 15) is 0 Å². The summed E-state index contributed by atoms with van der Waals surface area (Å²) in [4.78, 5) is 6.81. The minimum Gasteiger partial charge on any atom is -0.497 e. The molecule has 1 N–H and O–H groups in total. The van der Waals surface area contributed by atoms with Crippen molar-refractivity contribution in [3.05, 3.63) is 102 Å². The third kappa shape index (κ3) is 4.02. The number of aromatic nitrogens is 2. The predicted octanol–water partition coefficient (Wildman–Crippen LogP) is 5.68. The molecule has 3 heterocycles. The molecule has 0 amide bonds. The van der Waals surface area contributed by atoms with Gasteiger partial charge in [-0.3, -0.25) is 4.98 Å². The molecule has 4 aromatic rings. The minimum absolute atomic E-state index is 0.149. The zero-order valence-corrected chi connectivity index (χ0v) is 21.0. The molecule has 5 rings (SSSR count). The Morgan fingerprint density at radius 2 is 1.69 bits per heavy atom. The third-order valence-electron chi connectivity index (χ3n) is 6.55. The van der Waals surface area contributed by atoms with Gasteiger partial charge < -0.3 is 24.3 Å². The van der Waals surface area contributed by atoms with Crippen LogP contribution in [0.25, 0.3) is 5.69 Å². The average molecular weight is 485 g/mol. The Morgan fingerprint density at radius 1 is 0.914 bits per heavy atom. The highest BCUT2D eigenvalue weighted by molar-refractivity contribution is 7.80. The molecule has 0 aliphatic carbocycles. The molecule has 0 saturated carbocycles. The fourth-order valence-corrected chi connectivity index (χ4v) is 5.32. The molecule has 2 atom stereocenters. The van der Waals surface area contributed by atoms with Gasteiger partial charge in [0.2, 0.25) is 0 Å². The number of nitrogens with zero attached hydrogens (tertiary/aromatic N) is 3. The van der Waals surface area contributed by atoms with Gasteiger partial charge in [0.05, 0.1) is 37.7 Å². The van der Waals surface area contributed by atoms with Crippen LogP contribution in [0.3, 0.4) is 0 Å². The number of thiocarbonyl (C=S) groups is 1. The number of hydrogen-bond donors (Lipinski definition) is 1. The van der Waals surface area contributed by atoms with Crippen molar-refractivity contribution in [2.45, 2.75) is 25.9 Å². The fourth-order valence-electron chi connectivity index (χ4n) is 4.98. The van der Waals surface area contributed by atoms with Crippen LogP contribution in [0.15, 0.2) is 79.0 Å². The standard InChI is InChI=1S/C28H28N4O2S/c1-18-16-22(19(2)31(18)20-10-6-5-7-11-20)27-26(23-12-8-9-15-29-23)30-28(35)32(27)24-17-21(33-3)13-14-25(24)34-4/h5-17,26-27H,1-4H3,(H,30,35). The minimum atomic E-state index is -0.151. The van der Waals surface area contributed by atoms with Crippen molar-refractivity contribution < 1.29 is 9.47 Å². The van der Waals surface area contributed by atoms with Gasteiger partial charge in [-0.1, -0.05) is 24.3 Å². The summed E-state index contributed by atoms with van der Waals surface area (Å²) in [7, 11) is 3.33. The monoisotopic (exact) mass is 484 g/mol. The van der Waals surface area contributed by atoms with E-state index in [0.29, 0.717) is 5.11 Å². The molecule has 0 spiro atoms. The van der Waals surface area contributed by atoms with Crippen molar-refractivity contribution in [3.63, 3.8) is 0 Å². The van der Waals surface area contributed by atoms with E-state index in [0.717, 1.165) is 40.0 Å². The van der Waals surface area contributed by atoms with Gasteiger partial charge in [0.25, 0.3) is 0 Å². The quantitative estimate of drug-likeness (QED) is 0.355. The fraction of sp³-hybridized carbons (Fsp3) is 0.214. The van der Waals surface area contributed by atoms with Crippen molar-refractivity contribution in [1.82, 2.24) is 14.9 Å². The molecule has 1 fully saturated rings. The van der Waals surface area contributed by atoms with Crippen LogP contribution in [0.4, 0.5) is 5.69 Å². The second-order valence-electron chi connectivity index (χ2n) is 8.53. The van der Waals surface area contributed by atoms with Gasteiger partial charge in [0, 0.05) is 29.3 Å². The number of benzene rings is 2. The lowest BCUT2D eigenvalue weighted by Crippen LogP contribution is -2.30. The number of rotatable bonds is 6. The molecular weight excluding hydrogens is 456 g/mol. The zero-order chi connectivity index (χ0) is 24.5. The zero-order valence-electron chi connectivity index (χ0n) is 20.2. The first-order valence-electron chi connectivity index (χ1n) is 11.5. The van der Waals surface area contributed by atoms with Crippen LogP contribution >= 0.6 is 12.2 Å². The number of methoxy groups -OCH3 is 2. The van der Waals surface area contributed by atoms with Gasteiger partial charge in [-0.05, 0) is 74.1 Å². The lowest BCUT2D eigenvalue weighted by Gasteiger charge is -2.29. The summed E-state index contributed by atoms with van der Waals surface area (Å²) in [6, 6.07) is 24.1. The first kappa shape index (κ1) is 22.9. The largest absolute Gasteiger partial charge is 0.497 e. The molecule has 1 aliphatic heterocycles. The summed E-state index contributed by atoms with van der Waals surface area (Å²) >= 11 is 5.92. The maximum Gasteiger partial charge on any atom is 0.174 e. The van der Waals surface area contributed by atoms with Crippen LogP contribution in [0.5, 0.6) is 11.5 Å². The Bertz CT molecular complexity index is 1350. The summed E-state index contributed by atoms with van der Waals surface area (Å²) in [5, 5.41) is 4.15. The van der Waals surface area contributed by atoms with Crippen molar-refractivity contribution in [3.8, 4) is 17.2 Å². The van der Waals surface area contributed by atoms with E-state index in [1.807, 2.05) is 48.7 Å². The number of hydrogen-bond acceptors (Lipinski definition) is 4. The Hall–Kier alpha value is -3.84. The number of para-hydroxylation sites is 1. The van der Waals surface area contributed by atoms with Gasteiger partial charge in [0.15, 0.2) is 5.11 Å². The molecule has 0 bridgehead atoms. The molecule has 1 saturated heterocycles. The van der Waals surface area contributed by atoms with Crippen molar-refractivity contribution in [1.29, 1.82) is 0 Å². The Kier molecular flexibility index (Phi) is 6.17. The first-order valence-corrected chi connectivity index (χ1v) is 11.9. The molecular formula is C28H28N4O2S. The Morgan fingerprint density at radius 3 is 2.37 bits per heavy atom. The maximum absolute atomic E-state index is 5.92. The van der Waals surface area contributed by atoms with E-state index in [2.05, 4.69) is 63.9 Å². The summed E-state index contributed by atoms with van der Waals surface area (Å²) in [6.45, 7) is 4.30. The smallest absolute Gasteiger partial charge is 0.174 e. The molecule has 0 radical (unpaired) electrons. The van der Waals surface area contributed by atoms with E-state index < -0.39 is 0 Å². The molecule has 2 aromatic carbocycles. The topological polar surface area (TPSA) is 51.6 Å². The highest BCUT2D eigenvalue weighted by Crippen LogP contribution is 2.47. The number of anilines is 1. The number of ether oxygens (including phenoxy) is 2. The lowest BCUT2D eigenvalue weighted by molar-refractivity contribution is 0.403. The maximum atomic E-state index is 5.92. The molecule has 2 unspecified atom stereocenters. The van der Waals surface area contributed by atoms with Gasteiger partial charge in [-0.2, -0.15) is 0 Å². The van der Waals surface area contributed by atoms with Crippen LogP contribution in [-0.4, -0.2) is 28.9 Å². The van der Waals surface area contributed by atoms with Crippen LogP contribution in [0.1, 0.15) is 34.7 Å². The number of nitrogens with one attached hydrogen (secondary N) is 1. The van der Waals surface area contributed by atoms with E-state index in [-0.39, 0.29) is 12.1 Å².